The third-order valence-corrected chi connectivity index (χ3v) is 2.47. The third-order valence-electron chi connectivity index (χ3n) is 2.47. The van der Waals surface area contributed by atoms with Crippen LogP contribution in [0.15, 0.2) is 18.2 Å². The van der Waals surface area contributed by atoms with E-state index in [-0.39, 0.29) is 12.6 Å². The van der Waals surface area contributed by atoms with Gasteiger partial charge in [-0.15, -0.1) is 0 Å². The van der Waals surface area contributed by atoms with E-state index in [9.17, 15) is 9.90 Å². The number of benzene rings is 1. The molecule has 1 rings (SSSR count). The first-order valence-electron chi connectivity index (χ1n) is 5.83. The first kappa shape index (κ1) is 14.3. The minimum atomic E-state index is -0.445. The smallest absolute Gasteiger partial charge is 0.327 e. The molecule has 0 saturated carbocycles. The van der Waals surface area contributed by atoms with Gasteiger partial charge in [-0.3, -0.25) is 0 Å². The van der Waals surface area contributed by atoms with Gasteiger partial charge in [-0.25, -0.2) is 4.79 Å². The number of carbonyl (C=O) groups excluding carboxylic acids is 1. The van der Waals surface area contributed by atoms with Crippen LogP contribution in [0.25, 0.3) is 0 Å². The number of aliphatic hydroxyl groups is 1. The molecule has 2 N–H and O–H groups in total. The number of esters is 1. The summed E-state index contributed by atoms with van der Waals surface area (Å²) in [7, 11) is 1.35. The van der Waals surface area contributed by atoms with Crippen molar-refractivity contribution in [2.75, 3.05) is 19.0 Å². The lowest BCUT2D eigenvalue weighted by molar-refractivity contribution is -0.141. The van der Waals surface area contributed by atoms with Crippen LogP contribution in [0.2, 0.25) is 0 Å². The Morgan fingerprint density at radius 3 is 2.78 bits per heavy atom. The van der Waals surface area contributed by atoms with Crippen LogP contribution in [0.1, 0.15) is 19.4 Å². The van der Waals surface area contributed by atoms with E-state index in [0.717, 1.165) is 5.69 Å². The highest BCUT2D eigenvalue weighted by atomic mass is 16.5. The molecule has 0 saturated heterocycles. The summed E-state index contributed by atoms with van der Waals surface area (Å²) in [6.45, 7) is 4.02. The molecule has 100 valence electrons. The van der Waals surface area contributed by atoms with Gasteiger partial charge in [0.15, 0.2) is 0 Å². The average Bonchev–Trinajstić information content (AvgIpc) is 2.39. The number of ether oxygens (including phenoxy) is 2. The van der Waals surface area contributed by atoms with Crippen molar-refractivity contribution in [3.05, 3.63) is 23.8 Å². The average molecular weight is 253 g/mol. The zero-order chi connectivity index (χ0) is 13.5. The first-order valence-corrected chi connectivity index (χ1v) is 5.83. The Balaban J connectivity index is 2.82. The Morgan fingerprint density at radius 2 is 2.22 bits per heavy atom. The van der Waals surface area contributed by atoms with Gasteiger partial charge in [0.25, 0.3) is 0 Å². The summed E-state index contributed by atoms with van der Waals surface area (Å²) in [5.41, 5.74) is 1.42. The fourth-order valence-corrected chi connectivity index (χ4v) is 1.57. The number of anilines is 1. The van der Waals surface area contributed by atoms with Gasteiger partial charge in [-0.05, 0) is 32.0 Å². The predicted octanol–water partition coefficient (Wildman–Crippen LogP) is 1.55. The number of methoxy groups -OCH3 is 1. The van der Waals surface area contributed by atoms with Crippen LogP contribution in [-0.2, 0) is 16.1 Å². The molecule has 0 bridgehead atoms. The van der Waals surface area contributed by atoms with Crippen molar-refractivity contribution in [1.29, 1.82) is 0 Å². The summed E-state index contributed by atoms with van der Waals surface area (Å²) < 4.78 is 10.0. The molecule has 0 radical (unpaired) electrons. The zero-order valence-electron chi connectivity index (χ0n) is 10.9. The summed E-state index contributed by atoms with van der Waals surface area (Å²) in [6.07, 6.45) is 0. The molecule has 0 aliphatic heterocycles. The fraction of sp³-hybridized carbons (Fsp3) is 0.462. The molecule has 0 amide bonds. The lowest BCUT2D eigenvalue weighted by atomic mass is 10.1. The maximum Gasteiger partial charge on any atom is 0.327 e. The van der Waals surface area contributed by atoms with Crippen LogP contribution in [0, 0.1) is 0 Å². The number of aliphatic hydroxyl groups excluding tert-OH is 1. The molecule has 1 aromatic rings. The molecular formula is C13H19NO4. The third kappa shape index (κ3) is 3.63. The Bertz CT molecular complexity index is 406. The lowest BCUT2D eigenvalue weighted by Gasteiger charge is -2.15. The Labute approximate surface area is 107 Å². The molecule has 0 aliphatic carbocycles. The molecular weight excluding hydrogens is 234 g/mol. The van der Waals surface area contributed by atoms with Gasteiger partial charge in [-0.1, -0.05) is 0 Å². The predicted molar refractivity (Wildman–Crippen MR) is 68.6 cm³/mol. The van der Waals surface area contributed by atoms with E-state index >= 15 is 0 Å². The van der Waals surface area contributed by atoms with Crippen molar-refractivity contribution in [2.45, 2.75) is 26.5 Å². The number of rotatable bonds is 6. The molecule has 0 spiro atoms. The van der Waals surface area contributed by atoms with Gasteiger partial charge in [-0.2, -0.15) is 0 Å². The van der Waals surface area contributed by atoms with E-state index in [0.29, 0.717) is 17.9 Å². The topological polar surface area (TPSA) is 67.8 Å². The van der Waals surface area contributed by atoms with E-state index in [4.69, 9.17) is 4.74 Å². The largest absolute Gasteiger partial charge is 0.494 e. The maximum absolute atomic E-state index is 11.3. The van der Waals surface area contributed by atoms with Crippen LogP contribution in [-0.4, -0.2) is 30.8 Å². The molecule has 5 nitrogen and oxygen atoms in total. The SMILES string of the molecule is CCOc1ccc(NC(C)C(=O)OC)cc1CO. The first-order chi connectivity index (χ1) is 8.62. The zero-order valence-corrected chi connectivity index (χ0v) is 10.9. The minimum absolute atomic E-state index is 0.114. The second-order valence-corrected chi connectivity index (χ2v) is 3.80. The fourth-order valence-electron chi connectivity index (χ4n) is 1.57. The van der Waals surface area contributed by atoms with Gasteiger partial charge in [0, 0.05) is 11.3 Å². The number of hydrogen-bond acceptors (Lipinski definition) is 5. The van der Waals surface area contributed by atoms with Gasteiger partial charge in [0.05, 0.1) is 20.3 Å². The normalized spacial score (nSPS) is 11.8. The van der Waals surface area contributed by atoms with Crippen molar-refractivity contribution in [3.63, 3.8) is 0 Å². The molecule has 0 aliphatic rings. The molecule has 1 aromatic carbocycles. The number of carbonyl (C=O) groups is 1. The highest BCUT2D eigenvalue weighted by Gasteiger charge is 2.13. The summed E-state index contributed by atoms with van der Waals surface area (Å²) in [5, 5.41) is 12.3. The highest BCUT2D eigenvalue weighted by Crippen LogP contribution is 2.23. The Hall–Kier alpha value is -1.75. The van der Waals surface area contributed by atoms with Crippen LogP contribution in [0.3, 0.4) is 0 Å². The van der Waals surface area contributed by atoms with E-state index in [1.807, 2.05) is 6.92 Å². The highest BCUT2D eigenvalue weighted by molar-refractivity contribution is 5.78. The molecule has 0 aromatic heterocycles. The van der Waals surface area contributed by atoms with Crippen LogP contribution < -0.4 is 10.1 Å². The van der Waals surface area contributed by atoms with Gasteiger partial charge in [0.1, 0.15) is 11.8 Å². The standard InChI is InChI=1S/C13H19NO4/c1-4-18-12-6-5-11(7-10(12)8-15)14-9(2)13(16)17-3/h5-7,9,14-15H,4,8H2,1-3H3. The molecule has 18 heavy (non-hydrogen) atoms. The van der Waals surface area contributed by atoms with E-state index in [2.05, 4.69) is 10.1 Å². The summed E-state index contributed by atoms with van der Waals surface area (Å²) >= 11 is 0. The molecule has 0 fully saturated rings. The van der Waals surface area contributed by atoms with Gasteiger partial charge in [0.2, 0.25) is 0 Å². The number of hydrogen-bond donors (Lipinski definition) is 2. The van der Waals surface area contributed by atoms with Crippen molar-refractivity contribution < 1.29 is 19.4 Å². The summed E-state index contributed by atoms with van der Waals surface area (Å²) in [5.74, 6) is 0.311. The Kier molecular flexibility index (Phi) is 5.45. The second-order valence-electron chi connectivity index (χ2n) is 3.80. The lowest BCUT2D eigenvalue weighted by Crippen LogP contribution is -2.27. The van der Waals surface area contributed by atoms with Crippen molar-refractivity contribution in [3.8, 4) is 5.75 Å². The van der Waals surface area contributed by atoms with Crippen molar-refractivity contribution in [1.82, 2.24) is 0 Å². The summed E-state index contributed by atoms with van der Waals surface area (Å²) in [6, 6.07) is 4.87. The van der Waals surface area contributed by atoms with E-state index < -0.39 is 6.04 Å². The van der Waals surface area contributed by atoms with E-state index in [1.165, 1.54) is 7.11 Å². The molecule has 0 heterocycles. The maximum atomic E-state index is 11.3. The van der Waals surface area contributed by atoms with Crippen molar-refractivity contribution in [2.24, 2.45) is 0 Å². The number of nitrogens with one attached hydrogen (secondary N) is 1. The molecule has 1 unspecified atom stereocenters. The molecule has 1 atom stereocenters. The molecule has 5 heteroatoms. The Morgan fingerprint density at radius 1 is 1.50 bits per heavy atom. The van der Waals surface area contributed by atoms with Crippen molar-refractivity contribution >= 4 is 11.7 Å². The van der Waals surface area contributed by atoms with Crippen LogP contribution in [0.4, 0.5) is 5.69 Å². The van der Waals surface area contributed by atoms with Crippen LogP contribution >= 0.6 is 0 Å². The monoisotopic (exact) mass is 253 g/mol. The van der Waals surface area contributed by atoms with Gasteiger partial charge >= 0.3 is 5.97 Å². The summed E-state index contributed by atoms with van der Waals surface area (Å²) in [4.78, 5) is 11.3. The second kappa shape index (κ2) is 6.86. The van der Waals surface area contributed by atoms with Crippen LogP contribution in [0.5, 0.6) is 5.75 Å². The van der Waals surface area contributed by atoms with E-state index in [1.54, 1.807) is 25.1 Å². The quantitative estimate of drug-likeness (QED) is 0.753. The van der Waals surface area contributed by atoms with Gasteiger partial charge < -0.3 is 19.9 Å². The minimum Gasteiger partial charge on any atom is -0.494 e.